The first-order chi connectivity index (χ1) is 10.4. The van der Waals surface area contributed by atoms with Crippen molar-refractivity contribution in [3.8, 4) is 0 Å². The number of amides is 1. The number of carbonyl (C=O) groups excluding carboxylic acids is 1. The van der Waals surface area contributed by atoms with Crippen LogP contribution in [-0.2, 0) is 14.2 Å². The van der Waals surface area contributed by atoms with Crippen LogP contribution in [0.15, 0.2) is 0 Å². The summed E-state index contributed by atoms with van der Waals surface area (Å²) in [7, 11) is 3.25. The SMILES string of the molecule is COC(CNC(CNC(=O)OC(C)(C)C)C1CCCC1)OC. The van der Waals surface area contributed by atoms with E-state index in [0.29, 0.717) is 19.0 Å². The minimum absolute atomic E-state index is 0.211. The predicted molar refractivity (Wildman–Crippen MR) is 85.8 cm³/mol. The molecule has 0 saturated heterocycles. The van der Waals surface area contributed by atoms with Gasteiger partial charge in [-0.05, 0) is 39.5 Å². The van der Waals surface area contributed by atoms with Crippen LogP contribution in [0.4, 0.5) is 4.79 Å². The van der Waals surface area contributed by atoms with E-state index in [4.69, 9.17) is 14.2 Å². The van der Waals surface area contributed by atoms with Crippen LogP contribution in [0, 0.1) is 5.92 Å². The molecule has 1 atom stereocenters. The van der Waals surface area contributed by atoms with Crippen molar-refractivity contribution in [2.24, 2.45) is 5.92 Å². The molecule has 6 heteroatoms. The predicted octanol–water partition coefficient (Wildman–Crippen LogP) is 2.28. The molecule has 0 aromatic rings. The van der Waals surface area contributed by atoms with E-state index in [0.717, 1.165) is 0 Å². The Morgan fingerprint density at radius 2 is 1.73 bits per heavy atom. The van der Waals surface area contributed by atoms with E-state index in [2.05, 4.69) is 10.6 Å². The van der Waals surface area contributed by atoms with Crippen molar-refractivity contribution < 1.29 is 19.0 Å². The molecule has 0 aliphatic heterocycles. The zero-order valence-electron chi connectivity index (χ0n) is 14.6. The van der Waals surface area contributed by atoms with Crippen molar-refractivity contribution in [1.82, 2.24) is 10.6 Å². The highest BCUT2D eigenvalue weighted by atomic mass is 16.7. The third kappa shape index (κ3) is 7.42. The van der Waals surface area contributed by atoms with Gasteiger partial charge in [0.05, 0.1) is 0 Å². The number of hydrogen-bond acceptors (Lipinski definition) is 5. The second-order valence-electron chi connectivity index (χ2n) is 6.84. The van der Waals surface area contributed by atoms with Gasteiger partial charge >= 0.3 is 6.09 Å². The van der Waals surface area contributed by atoms with Crippen LogP contribution in [0.2, 0.25) is 0 Å². The van der Waals surface area contributed by atoms with E-state index in [1.807, 2.05) is 20.8 Å². The van der Waals surface area contributed by atoms with Crippen LogP contribution in [-0.4, -0.2) is 51.3 Å². The smallest absolute Gasteiger partial charge is 0.407 e. The highest BCUT2D eigenvalue weighted by Crippen LogP contribution is 2.27. The van der Waals surface area contributed by atoms with Gasteiger partial charge in [-0.25, -0.2) is 4.79 Å². The van der Waals surface area contributed by atoms with Crippen LogP contribution in [0.3, 0.4) is 0 Å². The molecule has 0 spiro atoms. The number of nitrogens with one attached hydrogen (secondary N) is 2. The molecule has 1 aliphatic carbocycles. The highest BCUT2D eigenvalue weighted by Gasteiger charge is 2.26. The normalized spacial score (nSPS) is 17.7. The van der Waals surface area contributed by atoms with Crippen molar-refractivity contribution in [3.63, 3.8) is 0 Å². The monoisotopic (exact) mass is 316 g/mol. The maximum Gasteiger partial charge on any atom is 0.407 e. The molecule has 2 N–H and O–H groups in total. The lowest BCUT2D eigenvalue weighted by atomic mass is 9.98. The Morgan fingerprint density at radius 3 is 2.23 bits per heavy atom. The zero-order valence-corrected chi connectivity index (χ0v) is 14.6. The molecule has 0 radical (unpaired) electrons. The summed E-state index contributed by atoms with van der Waals surface area (Å²) < 4.78 is 15.7. The Kier molecular flexibility index (Phi) is 8.14. The van der Waals surface area contributed by atoms with Crippen molar-refractivity contribution in [3.05, 3.63) is 0 Å². The van der Waals surface area contributed by atoms with Gasteiger partial charge in [0.2, 0.25) is 0 Å². The minimum Gasteiger partial charge on any atom is -0.444 e. The molecule has 1 amide bonds. The Labute approximate surface area is 134 Å². The standard InChI is InChI=1S/C16H32N2O4/c1-16(2,3)22-15(19)18-10-13(12-8-6-7-9-12)17-11-14(20-4)21-5/h12-14,17H,6-11H2,1-5H3,(H,18,19). The van der Waals surface area contributed by atoms with Gasteiger partial charge in [0.25, 0.3) is 0 Å². The van der Waals surface area contributed by atoms with Gasteiger partial charge in [-0.15, -0.1) is 0 Å². The first kappa shape index (κ1) is 19.2. The molecule has 1 rings (SSSR count). The van der Waals surface area contributed by atoms with E-state index < -0.39 is 5.60 Å². The molecule has 1 saturated carbocycles. The van der Waals surface area contributed by atoms with Gasteiger partial charge in [-0.3, -0.25) is 0 Å². The Hall–Kier alpha value is -0.850. The number of methoxy groups -OCH3 is 2. The maximum atomic E-state index is 11.8. The molecular weight excluding hydrogens is 284 g/mol. The number of alkyl carbamates (subject to hydrolysis) is 1. The van der Waals surface area contributed by atoms with E-state index in [1.54, 1.807) is 14.2 Å². The van der Waals surface area contributed by atoms with E-state index >= 15 is 0 Å². The van der Waals surface area contributed by atoms with Gasteiger partial charge in [0.1, 0.15) is 5.60 Å². The molecule has 0 aromatic carbocycles. The third-order valence-corrected chi connectivity index (χ3v) is 3.91. The maximum absolute atomic E-state index is 11.8. The average Bonchev–Trinajstić information content (AvgIpc) is 2.95. The lowest BCUT2D eigenvalue weighted by Gasteiger charge is -2.27. The Balaban J connectivity index is 2.46. The lowest BCUT2D eigenvalue weighted by Crippen LogP contribution is -2.48. The zero-order chi connectivity index (χ0) is 16.6. The third-order valence-electron chi connectivity index (χ3n) is 3.91. The summed E-state index contributed by atoms with van der Waals surface area (Å²) in [6.07, 6.45) is 4.26. The van der Waals surface area contributed by atoms with Crippen molar-refractivity contribution >= 4 is 6.09 Å². The molecule has 22 heavy (non-hydrogen) atoms. The van der Waals surface area contributed by atoms with Crippen LogP contribution in [0.1, 0.15) is 46.5 Å². The summed E-state index contributed by atoms with van der Waals surface area (Å²) in [4.78, 5) is 11.8. The molecule has 1 fully saturated rings. The summed E-state index contributed by atoms with van der Waals surface area (Å²) in [6.45, 7) is 6.74. The molecule has 0 heterocycles. The Morgan fingerprint density at radius 1 is 1.14 bits per heavy atom. The van der Waals surface area contributed by atoms with Crippen LogP contribution in [0.25, 0.3) is 0 Å². The number of hydrogen-bond donors (Lipinski definition) is 2. The second-order valence-corrected chi connectivity index (χ2v) is 6.84. The van der Waals surface area contributed by atoms with Crippen LogP contribution in [0.5, 0.6) is 0 Å². The molecular formula is C16H32N2O4. The average molecular weight is 316 g/mol. The minimum atomic E-state index is -0.475. The van der Waals surface area contributed by atoms with E-state index in [9.17, 15) is 4.79 Å². The van der Waals surface area contributed by atoms with E-state index in [1.165, 1.54) is 25.7 Å². The summed E-state index contributed by atoms with van der Waals surface area (Å²) in [5.41, 5.74) is -0.475. The quantitative estimate of drug-likeness (QED) is 0.672. The fourth-order valence-corrected chi connectivity index (χ4v) is 2.78. The fraction of sp³-hybridized carbons (Fsp3) is 0.938. The first-order valence-corrected chi connectivity index (χ1v) is 8.11. The molecule has 0 bridgehead atoms. The number of ether oxygens (including phenoxy) is 3. The molecule has 6 nitrogen and oxygen atoms in total. The topological polar surface area (TPSA) is 68.8 Å². The van der Waals surface area contributed by atoms with Crippen LogP contribution < -0.4 is 10.6 Å². The summed E-state index contributed by atoms with van der Waals surface area (Å²) in [5.74, 6) is 0.573. The second kappa shape index (κ2) is 9.33. The van der Waals surface area contributed by atoms with Gasteiger partial charge in [-0.1, -0.05) is 12.8 Å². The molecule has 1 aliphatic rings. The van der Waals surface area contributed by atoms with Crippen molar-refractivity contribution in [2.75, 3.05) is 27.3 Å². The summed E-state index contributed by atoms with van der Waals surface area (Å²) >= 11 is 0. The number of carbonyl (C=O) groups is 1. The van der Waals surface area contributed by atoms with Gasteiger partial charge in [-0.2, -0.15) is 0 Å². The van der Waals surface area contributed by atoms with Gasteiger partial charge in [0, 0.05) is 33.4 Å². The van der Waals surface area contributed by atoms with Gasteiger partial charge in [0.15, 0.2) is 6.29 Å². The van der Waals surface area contributed by atoms with Crippen LogP contribution >= 0.6 is 0 Å². The Bertz CT molecular complexity index is 321. The number of rotatable bonds is 8. The highest BCUT2D eigenvalue weighted by molar-refractivity contribution is 5.67. The summed E-state index contributed by atoms with van der Waals surface area (Å²) in [5, 5.41) is 6.33. The molecule has 0 aromatic heterocycles. The van der Waals surface area contributed by atoms with Crippen molar-refractivity contribution in [2.45, 2.75) is 64.4 Å². The largest absolute Gasteiger partial charge is 0.444 e. The van der Waals surface area contributed by atoms with Gasteiger partial charge < -0.3 is 24.8 Å². The van der Waals surface area contributed by atoms with Crippen molar-refractivity contribution in [1.29, 1.82) is 0 Å². The van der Waals surface area contributed by atoms with E-state index in [-0.39, 0.29) is 18.4 Å². The first-order valence-electron chi connectivity index (χ1n) is 8.11. The summed E-state index contributed by atoms with van der Waals surface area (Å²) in [6, 6.07) is 0.211. The lowest BCUT2D eigenvalue weighted by molar-refractivity contribution is -0.100. The fourth-order valence-electron chi connectivity index (χ4n) is 2.78. The molecule has 130 valence electrons. The molecule has 1 unspecified atom stereocenters.